The summed E-state index contributed by atoms with van der Waals surface area (Å²) in [5, 5.41) is 6.15. The Morgan fingerprint density at radius 3 is 2.60 bits per heavy atom. The molecule has 5 heteroatoms. The summed E-state index contributed by atoms with van der Waals surface area (Å²) in [6.07, 6.45) is 0. The summed E-state index contributed by atoms with van der Waals surface area (Å²) in [5.41, 5.74) is 2.09. The Hall–Kier alpha value is -2.01. The van der Waals surface area contributed by atoms with Crippen molar-refractivity contribution in [3.8, 4) is 11.5 Å². The Balaban J connectivity index is 1.74. The van der Waals surface area contributed by atoms with Crippen LogP contribution in [0.25, 0.3) is 0 Å². The maximum atomic E-state index is 6.24. The molecule has 0 unspecified atom stereocenters. The fourth-order valence-corrected chi connectivity index (χ4v) is 3.44. The third-order valence-corrected chi connectivity index (χ3v) is 4.83. The largest absolute Gasteiger partial charge is 0.493 e. The number of halogens is 1. The molecule has 0 fully saturated rings. The molecule has 130 valence electrons. The number of hydrogen-bond acceptors (Lipinski definition) is 4. The highest BCUT2D eigenvalue weighted by Gasteiger charge is 2.13. The van der Waals surface area contributed by atoms with Gasteiger partial charge in [-0.25, -0.2) is 0 Å². The molecule has 2 aromatic carbocycles. The second kappa shape index (κ2) is 8.90. The standard InChI is InChI=1S/C20H20ClNO2S/c1-23-19-11-17(21)10-16(12-22-13-18-8-5-9-25-18)20(19)24-14-15-6-3-2-4-7-15/h2-11,22H,12-14H2,1H3. The molecular formula is C20H20ClNO2S. The first kappa shape index (κ1) is 17.8. The third-order valence-electron chi connectivity index (χ3n) is 3.74. The van der Waals surface area contributed by atoms with E-state index >= 15 is 0 Å². The van der Waals surface area contributed by atoms with Crippen LogP contribution in [0.1, 0.15) is 16.0 Å². The number of thiophene rings is 1. The maximum absolute atomic E-state index is 6.24. The van der Waals surface area contributed by atoms with Gasteiger partial charge in [0.05, 0.1) is 7.11 Å². The molecule has 3 nitrogen and oxygen atoms in total. The van der Waals surface area contributed by atoms with Gasteiger partial charge in [-0.1, -0.05) is 48.0 Å². The zero-order chi connectivity index (χ0) is 17.5. The molecule has 0 aliphatic rings. The first-order valence-corrected chi connectivity index (χ1v) is 9.28. The van der Waals surface area contributed by atoms with E-state index in [1.807, 2.05) is 36.4 Å². The molecule has 0 atom stereocenters. The molecule has 0 saturated heterocycles. The second-order valence-electron chi connectivity index (χ2n) is 5.55. The van der Waals surface area contributed by atoms with Gasteiger partial charge in [-0.3, -0.25) is 0 Å². The van der Waals surface area contributed by atoms with Crippen LogP contribution in [-0.4, -0.2) is 7.11 Å². The van der Waals surface area contributed by atoms with Crippen molar-refractivity contribution >= 4 is 22.9 Å². The van der Waals surface area contributed by atoms with Crippen molar-refractivity contribution in [2.24, 2.45) is 0 Å². The Morgan fingerprint density at radius 2 is 1.88 bits per heavy atom. The molecule has 3 aromatic rings. The van der Waals surface area contributed by atoms with E-state index in [4.69, 9.17) is 21.1 Å². The van der Waals surface area contributed by atoms with E-state index in [-0.39, 0.29) is 0 Å². The van der Waals surface area contributed by atoms with Gasteiger partial charge in [-0.05, 0) is 23.1 Å². The van der Waals surface area contributed by atoms with E-state index in [0.29, 0.717) is 23.9 Å². The molecule has 0 aliphatic heterocycles. The molecule has 1 aromatic heterocycles. The zero-order valence-corrected chi connectivity index (χ0v) is 15.6. The quantitative estimate of drug-likeness (QED) is 0.582. The minimum absolute atomic E-state index is 0.483. The summed E-state index contributed by atoms with van der Waals surface area (Å²) < 4.78 is 11.5. The molecule has 0 amide bonds. The van der Waals surface area contributed by atoms with Crippen molar-refractivity contribution in [3.05, 3.63) is 81.0 Å². The zero-order valence-electron chi connectivity index (χ0n) is 14.0. The average molecular weight is 374 g/mol. The minimum atomic E-state index is 0.483. The lowest BCUT2D eigenvalue weighted by molar-refractivity contribution is 0.280. The number of methoxy groups -OCH3 is 1. The highest BCUT2D eigenvalue weighted by molar-refractivity contribution is 7.09. The Bertz CT molecular complexity index is 791. The number of hydrogen-bond donors (Lipinski definition) is 1. The summed E-state index contributed by atoms with van der Waals surface area (Å²) in [6, 6.07) is 17.9. The van der Waals surface area contributed by atoms with Crippen LogP contribution in [-0.2, 0) is 19.7 Å². The van der Waals surface area contributed by atoms with E-state index < -0.39 is 0 Å². The van der Waals surface area contributed by atoms with E-state index in [1.54, 1.807) is 24.5 Å². The lowest BCUT2D eigenvalue weighted by Crippen LogP contribution is -2.13. The van der Waals surface area contributed by atoms with Crippen LogP contribution in [0.5, 0.6) is 11.5 Å². The fraction of sp³-hybridized carbons (Fsp3) is 0.200. The topological polar surface area (TPSA) is 30.5 Å². The monoisotopic (exact) mass is 373 g/mol. The molecule has 0 bridgehead atoms. The highest BCUT2D eigenvalue weighted by Crippen LogP contribution is 2.35. The second-order valence-corrected chi connectivity index (χ2v) is 7.02. The van der Waals surface area contributed by atoms with Crippen molar-refractivity contribution in [1.82, 2.24) is 5.32 Å². The van der Waals surface area contributed by atoms with Crippen molar-refractivity contribution in [1.29, 1.82) is 0 Å². The number of ether oxygens (including phenoxy) is 2. The number of nitrogens with one attached hydrogen (secondary N) is 1. The van der Waals surface area contributed by atoms with E-state index in [1.165, 1.54) is 4.88 Å². The van der Waals surface area contributed by atoms with Gasteiger partial charge in [0.25, 0.3) is 0 Å². The van der Waals surface area contributed by atoms with Crippen molar-refractivity contribution in [3.63, 3.8) is 0 Å². The van der Waals surface area contributed by atoms with Crippen molar-refractivity contribution in [2.75, 3.05) is 7.11 Å². The molecule has 3 rings (SSSR count). The third kappa shape index (κ3) is 4.98. The smallest absolute Gasteiger partial charge is 0.166 e. The SMILES string of the molecule is COc1cc(Cl)cc(CNCc2cccs2)c1OCc1ccccc1. The predicted molar refractivity (Wildman–Crippen MR) is 104 cm³/mol. The lowest BCUT2D eigenvalue weighted by atomic mass is 10.1. The van der Waals surface area contributed by atoms with Gasteiger partial charge in [0.2, 0.25) is 0 Å². The average Bonchev–Trinajstić information content (AvgIpc) is 3.14. The van der Waals surface area contributed by atoms with Gasteiger partial charge in [-0.15, -0.1) is 11.3 Å². The molecule has 0 spiro atoms. The van der Waals surface area contributed by atoms with E-state index in [2.05, 4.69) is 22.8 Å². The van der Waals surface area contributed by atoms with Crippen LogP contribution in [0.3, 0.4) is 0 Å². The number of rotatable bonds is 8. The normalized spacial score (nSPS) is 10.6. The molecular weight excluding hydrogens is 354 g/mol. The Labute approximate surface area is 157 Å². The minimum Gasteiger partial charge on any atom is -0.493 e. The van der Waals surface area contributed by atoms with Gasteiger partial charge in [0.15, 0.2) is 11.5 Å². The van der Waals surface area contributed by atoms with Crippen LogP contribution in [0, 0.1) is 0 Å². The predicted octanol–water partition coefficient (Wildman–Crippen LogP) is 5.28. The molecule has 0 saturated carbocycles. The molecule has 1 N–H and O–H groups in total. The van der Waals surface area contributed by atoms with Crippen LogP contribution in [0.2, 0.25) is 5.02 Å². The summed E-state index contributed by atoms with van der Waals surface area (Å²) in [6.45, 7) is 1.94. The molecule has 1 heterocycles. The van der Waals surface area contributed by atoms with Gasteiger partial charge in [-0.2, -0.15) is 0 Å². The van der Waals surface area contributed by atoms with Gasteiger partial charge < -0.3 is 14.8 Å². The van der Waals surface area contributed by atoms with Crippen LogP contribution < -0.4 is 14.8 Å². The molecule has 25 heavy (non-hydrogen) atoms. The van der Waals surface area contributed by atoms with Crippen molar-refractivity contribution < 1.29 is 9.47 Å². The van der Waals surface area contributed by atoms with Crippen LogP contribution >= 0.6 is 22.9 Å². The molecule has 0 radical (unpaired) electrons. The number of benzene rings is 2. The Morgan fingerprint density at radius 1 is 1.04 bits per heavy atom. The van der Waals surface area contributed by atoms with E-state index in [9.17, 15) is 0 Å². The Kier molecular flexibility index (Phi) is 6.34. The fourth-order valence-electron chi connectivity index (χ4n) is 2.53. The first-order chi connectivity index (χ1) is 12.3. The maximum Gasteiger partial charge on any atom is 0.166 e. The van der Waals surface area contributed by atoms with Crippen molar-refractivity contribution in [2.45, 2.75) is 19.7 Å². The molecule has 0 aliphatic carbocycles. The lowest BCUT2D eigenvalue weighted by Gasteiger charge is -2.16. The van der Waals surface area contributed by atoms with E-state index in [0.717, 1.165) is 23.4 Å². The van der Waals surface area contributed by atoms with Crippen LogP contribution in [0.15, 0.2) is 60.0 Å². The summed E-state index contributed by atoms with van der Waals surface area (Å²) in [5.74, 6) is 1.38. The highest BCUT2D eigenvalue weighted by atomic mass is 35.5. The van der Waals surface area contributed by atoms with Gasteiger partial charge in [0.1, 0.15) is 6.61 Å². The first-order valence-electron chi connectivity index (χ1n) is 8.02. The van der Waals surface area contributed by atoms with Crippen LogP contribution in [0.4, 0.5) is 0 Å². The summed E-state index contributed by atoms with van der Waals surface area (Å²) in [7, 11) is 1.63. The van der Waals surface area contributed by atoms with Gasteiger partial charge in [0, 0.05) is 34.6 Å². The summed E-state index contributed by atoms with van der Waals surface area (Å²) >= 11 is 7.97. The summed E-state index contributed by atoms with van der Waals surface area (Å²) in [4.78, 5) is 1.29. The van der Waals surface area contributed by atoms with Gasteiger partial charge >= 0.3 is 0 Å².